The Kier molecular flexibility index (Phi) is 3.93. The average Bonchev–Trinajstić information content (AvgIpc) is 3.17. The van der Waals surface area contributed by atoms with Gasteiger partial charge in [0.2, 0.25) is 0 Å². The van der Waals surface area contributed by atoms with Crippen LogP contribution in [0.3, 0.4) is 0 Å². The Hall–Kier alpha value is -3.99. The van der Waals surface area contributed by atoms with Gasteiger partial charge in [-0.05, 0) is 30.2 Å². The van der Waals surface area contributed by atoms with Crippen molar-refractivity contribution < 1.29 is 14.4 Å². The number of fused-ring (bicyclic) bond motifs is 2. The predicted octanol–water partition coefficient (Wildman–Crippen LogP) is 4.14. The Morgan fingerprint density at radius 2 is 1.23 bits per heavy atom. The highest BCUT2D eigenvalue weighted by molar-refractivity contribution is 6.40. The van der Waals surface area contributed by atoms with Gasteiger partial charge in [-0.2, -0.15) is 0 Å². The van der Waals surface area contributed by atoms with E-state index in [1.165, 1.54) is 0 Å². The fraction of sp³-hybridized carbons (Fsp3) is 0.0800. The molecule has 2 aliphatic rings. The van der Waals surface area contributed by atoms with Crippen LogP contribution < -0.4 is 4.90 Å². The number of rotatable bonds is 2. The molecule has 3 aromatic rings. The van der Waals surface area contributed by atoms with Crippen molar-refractivity contribution >= 4 is 34.7 Å². The van der Waals surface area contributed by atoms with E-state index in [1.807, 2.05) is 55.5 Å². The molecule has 5 nitrogen and oxygen atoms in total. The SMILES string of the molecule is Cc1cccc2c1N(C)C(=O)/C2=C(\c1ccccc1)N1C(=O)c2ccccc2C1=O. The van der Waals surface area contributed by atoms with E-state index in [2.05, 4.69) is 0 Å². The standard InChI is InChI=1S/C25H18N2O3/c1-15-9-8-14-19-20(25(30)26(2)21(15)19)22(16-10-4-3-5-11-16)27-23(28)17-12-6-7-13-18(17)24(27)29/h3-14H,1-2H3/b22-20+. The minimum absolute atomic E-state index is 0.241. The molecule has 2 heterocycles. The lowest BCUT2D eigenvalue weighted by molar-refractivity contribution is -0.112. The van der Waals surface area contributed by atoms with E-state index in [-0.39, 0.29) is 5.91 Å². The van der Waals surface area contributed by atoms with Crippen LogP contribution in [0.15, 0.2) is 72.8 Å². The van der Waals surface area contributed by atoms with Gasteiger partial charge in [-0.15, -0.1) is 0 Å². The predicted molar refractivity (Wildman–Crippen MR) is 115 cm³/mol. The molecular weight excluding hydrogens is 376 g/mol. The second kappa shape index (κ2) is 6.52. The molecule has 0 unspecified atom stereocenters. The van der Waals surface area contributed by atoms with Gasteiger partial charge in [0.1, 0.15) is 0 Å². The van der Waals surface area contributed by atoms with Crippen molar-refractivity contribution in [3.8, 4) is 0 Å². The van der Waals surface area contributed by atoms with Crippen molar-refractivity contribution in [2.24, 2.45) is 0 Å². The number of aryl methyl sites for hydroxylation is 1. The van der Waals surface area contributed by atoms with Gasteiger partial charge in [0.05, 0.1) is 28.1 Å². The molecule has 3 aromatic carbocycles. The van der Waals surface area contributed by atoms with E-state index in [9.17, 15) is 14.4 Å². The zero-order valence-electron chi connectivity index (χ0n) is 16.5. The summed E-state index contributed by atoms with van der Waals surface area (Å²) in [7, 11) is 1.71. The summed E-state index contributed by atoms with van der Waals surface area (Å²) in [6, 6.07) is 21.6. The van der Waals surface area contributed by atoms with E-state index < -0.39 is 11.8 Å². The molecule has 30 heavy (non-hydrogen) atoms. The van der Waals surface area contributed by atoms with Gasteiger partial charge in [-0.25, -0.2) is 4.90 Å². The van der Waals surface area contributed by atoms with Gasteiger partial charge in [-0.1, -0.05) is 60.7 Å². The fourth-order valence-electron chi connectivity index (χ4n) is 4.29. The molecular formula is C25H18N2O3. The maximum absolute atomic E-state index is 13.4. The molecule has 5 heteroatoms. The Morgan fingerprint density at radius 1 is 0.667 bits per heavy atom. The zero-order valence-corrected chi connectivity index (χ0v) is 16.5. The maximum atomic E-state index is 13.4. The van der Waals surface area contributed by atoms with Gasteiger partial charge in [0.25, 0.3) is 17.7 Å². The quantitative estimate of drug-likeness (QED) is 0.485. The highest BCUT2D eigenvalue weighted by Crippen LogP contribution is 2.44. The summed E-state index contributed by atoms with van der Waals surface area (Å²) >= 11 is 0. The lowest BCUT2D eigenvalue weighted by Gasteiger charge is -2.21. The molecule has 2 aliphatic heterocycles. The average molecular weight is 394 g/mol. The lowest BCUT2D eigenvalue weighted by Crippen LogP contribution is -2.31. The first-order chi connectivity index (χ1) is 14.5. The maximum Gasteiger partial charge on any atom is 0.266 e. The number of benzene rings is 3. The number of likely N-dealkylation sites (N-methyl/N-ethyl adjacent to an activating group) is 1. The van der Waals surface area contributed by atoms with Gasteiger partial charge in [0, 0.05) is 12.6 Å². The second-order valence-electron chi connectivity index (χ2n) is 7.42. The van der Waals surface area contributed by atoms with Crippen LogP contribution in [0.5, 0.6) is 0 Å². The smallest absolute Gasteiger partial charge is 0.266 e. The number of para-hydroxylation sites is 1. The molecule has 0 spiro atoms. The third-order valence-electron chi connectivity index (χ3n) is 5.66. The number of hydrogen-bond acceptors (Lipinski definition) is 3. The highest BCUT2D eigenvalue weighted by Gasteiger charge is 2.43. The number of carbonyl (C=O) groups is 3. The second-order valence-corrected chi connectivity index (χ2v) is 7.42. The first-order valence-corrected chi connectivity index (χ1v) is 9.66. The van der Waals surface area contributed by atoms with Crippen molar-refractivity contribution in [3.05, 3.63) is 101 Å². The molecule has 0 fully saturated rings. The van der Waals surface area contributed by atoms with E-state index in [4.69, 9.17) is 0 Å². The van der Waals surface area contributed by atoms with Crippen molar-refractivity contribution in [2.75, 3.05) is 11.9 Å². The van der Waals surface area contributed by atoms with Crippen molar-refractivity contribution in [2.45, 2.75) is 6.92 Å². The van der Waals surface area contributed by atoms with Gasteiger partial charge >= 0.3 is 0 Å². The number of amides is 3. The molecule has 0 saturated carbocycles. The van der Waals surface area contributed by atoms with Crippen LogP contribution in [0.25, 0.3) is 11.3 Å². The number of carbonyl (C=O) groups excluding carboxylic acids is 3. The number of imide groups is 1. The van der Waals surface area contributed by atoms with Gasteiger partial charge in [0.15, 0.2) is 0 Å². The Labute approximate surface area is 173 Å². The molecule has 146 valence electrons. The molecule has 0 saturated heterocycles. The van der Waals surface area contributed by atoms with E-state index in [1.54, 1.807) is 36.2 Å². The summed E-state index contributed by atoms with van der Waals surface area (Å²) < 4.78 is 0. The summed E-state index contributed by atoms with van der Waals surface area (Å²) in [5.41, 5.74) is 4.48. The molecule has 0 bridgehead atoms. The Balaban J connectivity index is 1.84. The molecule has 0 N–H and O–H groups in total. The fourth-order valence-corrected chi connectivity index (χ4v) is 4.29. The van der Waals surface area contributed by atoms with Gasteiger partial charge < -0.3 is 4.90 Å². The van der Waals surface area contributed by atoms with Crippen molar-refractivity contribution in [1.82, 2.24) is 4.90 Å². The third kappa shape index (κ3) is 2.38. The lowest BCUT2D eigenvalue weighted by atomic mass is 9.98. The summed E-state index contributed by atoms with van der Waals surface area (Å²) in [6.07, 6.45) is 0. The molecule has 0 atom stereocenters. The molecule has 0 aliphatic carbocycles. The summed E-state index contributed by atoms with van der Waals surface area (Å²) in [5, 5.41) is 0. The first-order valence-electron chi connectivity index (χ1n) is 9.66. The summed E-state index contributed by atoms with van der Waals surface area (Å²) in [6.45, 7) is 1.94. The summed E-state index contributed by atoms with van der Waals surface area (Å²) in [4.78, 5) is 42.7. The van der Waals surface area contributed by atoms with Crippen LogP contribution in [-0.4, -0.2) is 29.7 Å². The van der Waals surface area contributed by atoms with Crippen LogP contribution in [0.1, 0.15) is 37.4 Å². The van der Waals surface area contributed by atoms with Crippen molar-refractivity contribution in [3.63, 3.8) is 0 Å². The van der Waals surface area contributed by atoms with Gasteiger partial charge in [-0.3, -0.25) is 14.4 Å². The zero-order chi connectivity index (χ0) is 21.0. The Morgan fingerprint density at radius 3 is 1.87 bits per heavy atom. The minimum atomic E-state index is -0.418. The minimum Gasteiger partial charge on any atom is -0.310 e. The number of anilines is 1. The molecule has 0 aromatic heterocycles. The molecule has 5 rings (SSSR count). The van der Waals surface area contributed by atoms with E-state index >= 15 is 0 Å². The number of hydrogen-bond donors (Lipinski definition) is 0. The largest absolute Gasteiger partial charge is 0.310 e. The monoisotopic (exact) mass is 394 g/mol. The molecule has 3 amide bonds. The van der Waals surface area contributed by atoms with E-state index in [0.717, 1.165) is 21.7 Å². The summed E-state index contributed by atoms with van der Waals surface area (Å²) in [5.74, 6) is -1.08. The van der Waals surface area contributed by atoms with Crippen LogP contribution in [0.2, 0.25) is 0 Å². The topological polar surface area (TPSA) is 57.7 Å². The highest BCUT2D eigenvalue weighted by atomic mass is 16.2. The Bertz CT molecular complexity index is 1240. The van der Waals surface area contributed by atoms with Crippen LogP contribution in [0, 0.1) is 6.92 Å². The van der Waals surface area contributed by atoms with Crippen molar-refractivity contribution in [1.29, 1.82) is 0 Å². The third-order valence-corrected chi connectivity index (χ3v) is 5.66. The first kappa shape index (κ1) is 18.1. The molecule has 0 radical (unpaired) electrons. The van der Waals surface area contributed by atoms with Crippen LogP contribution in [-0.2, 0) is 4.79 Å². The van der Waals surface area contributed by atoms with Crippen LogP contribution >= 0.6 is 0 Å². The normalized spacial score (nSPS) is 16.8. The van der Waals surface area contributed by atoms with Crippen LogP contribution in [0.4, 0.5) is 5.69 Å². The van der Waals surface area contributed by atoms with E-state index in [0.29, 0.717) is 28.0 Å². The number of nitrogens with zero attached hydrogens (tertiary/aromatic N) is 2.